The van der Waals surface area contributed by atoms with Crippen LogP contribution in [0.15, 0.2) is 63.6 Å². The van der Waals surface area contributed by atoms with Crippen molar-refractivity contribution >= 4 is 35.1 Å². The molecule has 6 nitrogen and oxygen atoms in total. The molecule has 1 fully saturated rings. The predicted octanol–water partition coefficient (Wildman–Crippen LogP) is 2.99. The van der Waals surface area contributed by atoms with E-state index in [1.54, 1.807) is 37.5 Å². The van der Waals surface area contributed by atoms with E-state index in [0.29, 0.717) is 15.6 Å². The number of amides is 1. The molecule has 7 heteroatoms. The quantitative estimate of drug-likeness (QED) is 0.503. The number of phenolic OH excluding ortho intramolecular Hbond substituents is 1. The third kappa shape index (κ3) is 4.27. The zero-order chi connectivity index (χ0) is 17.6. The van der Waals surface area contributed by atoms with Gasteiger partial charge in [-0.05, 0) is 47.7 Å². The van der Waals surface area contributed by atoms with E-state index in [0.717, 1.165) is 11.3 Å². The van der Waals surface area contributed by atoms with Gasteiger partial charge in [0.1, 0.15) is 11.5 Å². The van der Waals surface area contributed by atoms with Gasteiger partial charge in [-0.25, -0.2) is 0 Å². The minimum Gasteiger partial charge on any atom is -0.507 e. The van der Waals surface area contributed by atoms with Crippen molar-refractivity contribution in [1.29, 1.82) is 0 Å². The standard InChI is InChI=1S/C18H15N3O3S/c1-24-14-8-6-12(7-9-14)10-16-17(23)20-18(25-16)21-19-11-13-4-2-3-5-15(13)22/h2-11,22H,1H3,(H,20,21,23)/b16-10+,19-11+. The van der Waals surface area contributed by atoms with Gasteiger partial charge in [-0.15, -0.1) is 5.10 Å². The lowest BCUT2D eigenvalue weighted by atomic mass is 10.2. The second kappa shape index (κ2) is 7.67. The van der Waals surface area contributed by atoms with E-state index >= 15 is 0 Å². The number of rotatable bonds is 4. The first-order valence-electron chi connectivity index (χ1n) is 7.39. The molecule has 0 radical (unpaired) electrons. The van der Waals surface area contributed by atoms with Crippen LogP contribution in [0.4, 0.5) is 0 Å². The number of hydrogen-bond donors (Lipinski definition) is 2. The van der Waals surface area contributed by atoms with Gasteiger partial charge in [-0.1, -0.05) is 24.3 Å². The summed E-state index contributed by atoms with van der Waals surface area (Å²) < 4.78 is 5.11. The van der Waals surface area contributed by atoms with Crippen LogP contribution in [-0.4, -0.2) is 29.5 Å². The molecule has 0 unspecified atom stereocenters. The van der Waals surface area contributed by atoms with Crippen LogP contribution < -0.4 is 10.1 Å². The highest BCUT2D eigenvalue weighted by atomic mass is 32.2. The average molecular weight is 353 g/mol. The maximum Gasteiger partial charge on any atom is 0.264 e. The number of hydrogen-bond acceptors (Lipinski definition) is 6. The van der Waals surface area contributed by atoms with Crippen molar-refractivity contribution < 1.29 is 14.6 Å². The lowest BCUT2D eigenvalue weighted by molar-refractivity contribution is -0.115. The Morgan fingerprint density at radius 1 is 1.16 bits per heavy atom. The van der Waals surface area contributed by atoms with E-state index in [4.69, 9.17) is 4.74 Å². The van der Waals surface area contributed by atoms with Crippen LogP contribution in [0.2, 0.25) is 0 Å². The Balaban J connectivity index is 1.71. The Morgan fingerprint density at radius 2 is 1.92 bits per heavy atom. The van der Waals surface area contributed by atoms with Gasteiger partial charge in [0, 0.05) is 5.56 Å². The van der Waals surface area contributed by atoms with E-state index in [1.807, 2.05) is 24.3 Å². The minimum absolute atomic E-state index is 0.120. The van der Waals surface area contributed by atoms with Gasteiger partial charge in [-0.3, -0.25) is 10.1 Å². The Morgan fingerprint density at radius 3 is 2.64 bits per heavy atom. The fourth-order valence-electron chi connectivity index (χ4n) is 2.07. The second-order valence-electron chi connectivity index (χ2n) is 5.05. The fraction of sp³-hybridized carbons (Fsp3) is 0.0556. The molecule has 0 atom stereocenters. The Bertz CT molecular complexity index is 873. The summed E-state index contributed by atoms with van der Waals surface area (Å²) in [7, 11) is 1.60. The number of nitrogens with zero attached hydrogens (tertiary/aromatic N) is 2. The molecule has 2 aromatic rings. The van der Waals surface area contributed by atoms with Crippen LogP contribution >= 0.6 is 11.8 Å². The zero-order valence-corrected chi connectivity index (χ0v) is 14.2. The molecule has 0 aliphatic carbocycles. The van der Waals surface area contributed by atoms with Gasteiger partial charge in [0.05, 0.1) is 18.2 Å². The highest BCUT2D eigenvalue weighted by molar-refractivity contribution is 8.18. The summed E-state index contributed by atoms with van der Waals surface area (Å²) in [6.45, 7) is 0. The van der Waals surface area contributed by atoms with Crippen LogP contribution in [0.1, 0.15) is 11.1 Å². The molecule has 2 aromatic carbocycles. The van der Waals surface area contributed by atoms with Crippen LogP contribution in [0, 0.1) is 0 Å². The van der Waals surface area contributed by atoms with Gasteiger partial charge in [0.15, 0.2) is 5.17 Å². The van der Waals surface area contributed by atoms with E-state index < -0.39 is 0 Å². The summed E-state index contributed by atoms with van der Waals surface area (Å²) in [5, 5.41) is 20.6. The summed E-state index contributed by atoms with van der Waals surface area (Å²) in [6.07, 6.45) is 3.20. The van der Waals surface area contributed by atoms with Crippen molar-refractivity contribution in [2.24, 2.45) is 10.2 Å². The van der Waals surface area contributed by atoms with Gasteiger partial charge in [0.2, 0.25) is 0 Å². The third-order valence-electron chi connectivity index (χ3n) is 3.35. The molecule has 1 saturated heterocycles. The first kappa shape index (κ1) is 16.8. The maximum absolute atomic E-state index is 12.0. The van der Waals surface area contributed by atoms with Crippen molar-refractivity contribution in [3.8, 4) is 11.5 Å². The minimum atomic E-state index is -0.225. The maximum atomic E-state index is 12.0. The summed E-state index contributed by atoms with van der Waals surface area (Å²) >= 11 is 1.21. The van der Waals surface area contributed by atoms with Gasteiger partial charge >= 0.3 is 0 Å². The SMILES string of the molecule is COc1ccc(/C=C2/S/C(=N\N=C\c3ccccc3O)NC2=O)cc1. The molecule has 1 heterocycles. The lowest BCUT2D eigenvalue weighted by Gasteiger charge is -1.99. The number of carbonyl (C=O) groups excluding carboxylic acids is 1. The molecule has 1 amide bonds. The first-order chi connectivity index (χ1) is 12.2. The molecular weight excluding hydrogens is 338 g/mol. The Hall–Kier alpha value is -3.06. The molecular formula is C18H15N3O3S. The van der Waals surface area contributed by atoms with Gasteiger partial charge < -0.3 is 9.84 Å². The van der Waals surface area contributed by atoms with E-state index in [-0.39, 0.29) is 11.7 Å². The van der Waals surface area contributed by atoms with Gasteiger partial charge in [-0.2, -0.15) is 5.10 Å². The van der Waals surface area contributed by atoms with Crippen molar-refractivity contribution in [2.75, 3.05) is 7.11 Å². The second-order valence-corrected chi connectivity index (χ2v) is 6.08. The average Bonchev–Trinajstić information content (AvgIpc) is 2.97. The number of ether oxygens (including phenoxy) is 1. The number of nitrogens with one attached hydrogen (secondary N) is 1. The summed E-state index contributed by atoms with van der Waals surface area (Å²) in [5.74, 6) is 0.651. The molecule has 0 aromatic heterocycles. The molecule has 25 heavy (non-hydrogen) atoms. The molecule has 0 bridgehead atoms. The van der Waals surface area contributed by atoms with E-state index in [1.165, 1.54) is 18.0 Å². The number of benzene rings is 2. The van der Waals surface area contributed by atoms with Gasteiger partial charge in [0.25, 0.3) is 5.91 Å². The van der Waals surface area contributed by atoms with Crippen LogP contribution in [0.25, 0.3) is 6.08 Å². The number of aromatic hydroxyl groups is 1. The van der Waals surface area contributed by atoms with Crippen molar-refractivity contribution in [3.63, 3.8) is 0 Å². The summed E-state index contributed by atoms with van der Waals surface area (Å²) in [5.41, 5.74) is 1.44. The van der Waals surface area contributed by atoms with Crippen molar-refractivity contribution in [1.82, 2.24) is 5.32 Å². The monoisotopic (exact) mass is 353 g/mol. The Labute approximate surface area is 148 Å². The number of para-hydroxylation sites is 1. The van der Waals surface area contributed by atoms with Crippen LogP contribution in [-0.2, 0) is 4.79 Å². The molecule has 126 valence electrons. The molecule has 3 rings (SSSR count). The molecule has 0 spiro atoms. The van der Waals surface area contributed by atoms with Crippen molar-refractivity contribution in [3.05, 3.63) is 64.6 Å². The number of thioether (sulfide) groups is 1. The van der Waals surface area contributed by atoms with E-state index in [2.05, 4.69) is 15.5 Å². The van der Waals surface area contributed by atoms with Crippen molar-refractivity contribution in [2.45, 2.75) is 0 Å². The third-order valence-corrected chi connectivity index (χ3v) is 4.25. The number of phenols is 1. The molecule has 0 saturated carbocycles. The summed E-state index contributed by atoms with van der Waals surface area (Å²) in [4.78, 5) is 12.5. The van der Waals surface area contributed by atoms with Crippen LogP contribution in [0.3, 0.4) is 0 Å². The predicted molar refractivity (Wildman–Crippen MR) is 99.8 cm³/mol. The smallest absolute Gasteiger partial charge is 0.264 e. The highest BCUT2D eigenvalue weighted by Crippen LogP contribution is 2.26. The number of carbonyl (C=O) groups is 1. The lowest BCUT2D eigenvalue weighted by Crippen LogP contribution is -2.19. The number of amidine groups is 1. The normalized spacial score (nSPS) is 17.4. The van der Waals surface area contributed by atoms with Crippen LogP contribution in [0.5, 0.6) is 11.5 Å². The molecule has 2 N–H and O–H groups in total. The summed E-state index contributed by atoms with van der Waals surface area (Å²) in [6, 6.07) is 14.2. The van der Waals surface area contributed by atoms with E-state index in [9.17, 15) is 9.90 Å². The first-order valence-corrected chi connectivity index (χ1v) is 8.21. The Kier molecular flexibility index (Phi) is 5.15. The number of methoxy groups -OCH3 is 1. The highest BCUT2D eigenvalue weighted by Gasteiger charge is 2.23. The zero-order valence-electron chi connectivity index (χ0n) is 13.3. The molecule has 1 aliphatic rings. The topological polar surface area (TPSA) is 83.3 Å². The fourth-order valence-corrected chi connectivity index (χ4v) is 2.85. The molecule has 1 aliphatic heterocycles. The largest absolute Gasteiger partial charge is 0.507 e.